The molecule has 0 amide bonds. The van der Waals surface area contributed by atoms with Crippen molar-refractivity contribution in [2.75, 3.05) is 0 Å². The van der Waals surface area contributed by atoms with E-state index in [9.17, 15) is 0 Å². The van der Waals surface area contributed by atoms with E-state index in [1.807, 2.05) is 0 Å². The second kappa shape index (κ2) is 13.4. The van der Waals surface area contributed by atoms with Crippen LogP contribution >= 0.6 is 0 Å². The molecule has 0 aliphatic rings. The highest BCUT2D eigenvalue weighted by molar-refractivity contribution is 8.26. The highest BCUT2D eigenvalue weighted by Crippen LogP contribution is 2.12. The van der Waals surface area contributed by atoms with Gasteiger partial charge in [-0.2, -0.15) is 0 Å². The van der Waals surface area contributed by atoms with Gasteiger partial charge in [-0.05, 0) is 0 Å². The van der Waals surface area contributed by atoms with Crippen molar-refractivity contribution >= 4 is 199 Å². The van der Waals surface area contributed by atoms with E-state index in [2.05, 4.69) is 116 Å². The van der Waals surface area contributed by atoms with E-state index in [-0.39, 0.29) is 0 Å². The molecular formula is H30B28. The average Bonchev–Trinajstić information content (AvgIpc) is 2.48. The fourth-order valence-corrected chi connectivity index (χ4v) is 7.15. The average molecular weight is 333 g/mol. The first kappa shape index (κ1) is 29.8. The molecule has 0 heterocycles. The second-order valence-corrected chi connectivity index (χ2v) is 12.5. The van der Waals surface area contributed by atoms with Crippen molar-refractivity contribution in [3.05, 3.63) is 0 Å². The smallest absolute Gasteiger partial charge is 0.000252 e. The van der Waals surface area contributed by atoms with E-state index in [0.717, 1.165) is 83.0 Å². The summed E-state index contributed by atoms with van der Waals surface area (Å²) in [7, 11) is 37.4. The minimum absolute atomic E-state index is 0.742. The van der Waals surface area contributed by atoms with E-state index >= 15 is 0 Å². The molecule has 0 spiro atoms. The topological polar surface area (TPSA) is 0 Å². The van der Waals surface area contributed by atoms with Crippen LogP contribution < -0.4 is 0 Å². The summed E-state index contributed by atoms with van der Waals surface area (Å²) in [5.41, 5.74) is 0. The van der Waals surface area contributed by atoms with Gasteiger partial charge in [-0.1, -0.05) is 0 Å². The summed E-state index contributed by atoms with van der Waals surface area (Å²) < 4.78 is 0. The number of hydrogen-bond acceptors (Lipinski definition) is 0. The standard InChI is InChI=1S/B28H30/c1-16(2)23(15)27(24(17(3)4)18(5)6)28(25(19(7)8)20(9)10)26(21(11)12)22(13)14/h1-15H2. The molecule has 0 unspecified atom stereocenters. The number of rotatable bonds is 12. The Morgan fingerprint density at radius 1 is 0.214 bits per heavy atom. The molecule has 0 bridgehead atoms. The summed E-state index contributed by atoms with van der Waals surface area (Å²) in [6, 6.07) is 0. The lowest BCUT2D eigenvalue weighted by Crippen LogP contribution is -2.87. The van der Waals surface area contributed by atoms with E-state index in [0.29, 0.717) is 0 Å². The lowest BCUT2D eigenvalue weighted by atomic mass is 8.32. The fraction of sp³-hybridized carbons (Fsp3) is 0. The van der Waals surface area contributed by atoms with Gasteiger partial charge in [0.15, 0.2) is 0 Å². The largest absolute Gasteiger partial charge is 0.0552 e. The molecule has 0 aliphatic heterocycles. The second-order valence-electron chi connectivity index (χ2n) is 12.5. The van der Waals surface area contributed by atoms with Crippen LogP contribution in [-0.4, -0.2) is 199 Å². The van der Waals surface area contributed by atoms with E-state index in [1.54, 1.807) is 0 Å². The van der Waals surface area contributed by atoms with Crippen molar-refractivity contribution in [2.24, 2.45) is 0 Å². The Bertz CT molecular complexity index is 354. The highest BCUT2D eigenvalue weighted by atomic mass is 13.3. The minimum Gasteiger partial charge on any atom is 0.000252 e. The van der Waals surface area contributed by atoms with Crippen molar-refractivity contribution in [3.8, 4) is 0 Å². The predicted octanol–water partition coefficient (Wildman–Crippen LogP) is -18.7. The summed E-state index contributed by atoms with van der Waals surface area (Å²) >= 11 is 0. The van der Waals surface area contributed by atoms with Gasteiger partial charge >= 0.3 is 0 Å². The monoisotopic (exact) mass is 338 g/mol. The Balaban J connectivity index is 6.81. The van der Waals surface area contributed by atoms with Crippen molar-refractivity contribution < 1.29 is 0 Å². The molecular weight excluding hydrogens is 303 g/mol. The number of hydrogen-bond donors (Lipinski definition) is 0. The Labute approximate surface area is 198 Å². The van der Waals surface area contributed by atoms with E-state index < -0.39 is 0 Å². The van der Waals surface area contributed by atoms with Crippen molar-refractivity contribution in [3.63, 3.8) is 0 Å². The Morgan fingerprint density at radius 2 is 0.429 bits per heavy atom. The zero-order chi connectivity index (χ0) is 22.5. The van der Waals surface area contributed by atoms with Gasteiger partial charge in [0.05, 0.1) is 116 Å². The van der Waals surface area contributed by atoms with Gasteiger partial charge in [0.1, 0.15) is 0 Å². The lowest BCUT2D eigenvalue weighted by molar-refractivity contribution is 3.27. The molecule has 0 aliphatic carbocycles. The molecule has 28 heteroatoms. The first-order chi connectivity index (χ1) is 12.7. The maximum Gasteiger partial charge on any atom is 0.0552 e. The summed E-state index contributed by atoms with van der Waals surface area (Å²) in [4.78, 5) is 0. The minimum atomic E-state index is 0.742. The Hall–Kier alpha value is 1.82. The van der Waals surface area contributed by atoms with Gasteiger partial charge in [0, 0.05) is 83.0 Å². The molecule has 0 radical (unpaired) electrons. The third-order valence-corrected chi connectivity index (χ3v) is 8.06. The molecule has 0 nitrogen and oxygen atoms in total. The van der Waals surface area contributed by atoms with Gasteiger partial charge in [-0.3, -0.25) is 0 Å². The summed E-state index contributed by atoms with van der Waals surface area (Å²) in [5.74, 6) is 0. The molecule has 0 rings (SSSR count). The SMILES string of the molecule is BB(B)B(B)B(B(B(B)B)B(B)B)B(B(B(B)B)B(B)B)B(B(B)B)B(B)B. The van der Waals surface area contributed by atoms with Crippen molar-refractivity contribution in [1.82, 2.24) is 0 Å². The van der Waals surface area contributed by atoms with Gasteiger partial charge in [0.2, 0.25) is 0 Å². The third kappa shape index (κ3) is 8.06. The van der Waals surface area contributed by atoms with Crippen LogP contribution in [0.15, 0.2) is 0 Å². The first-order valence-electron chi connectivity index (χ1n) is 12.7. The predicted molar refractivity (Wildman–Crippen MR) is 203 cm³/mol. The zero-order valence-corrected chi connectivity index (χ0v) is 22.5. The van der Waals surface area contributed by atoms with Gasteiger partial charge < -0.3 is 0 Å². The summed E-state index contributed by atoms with van der Waals surface area (Å²) in [6.07, 6.45) is 9.94. The van der Waals surface area contributed by atoms with Gasteiger partial charge in [0.25, 0.3) is 0 Å². The van der Waals surface area contributed by atoms with Crippen LogP contribution in [0.25, 0.3) is 0 Å². The summed E-state index contributed by atoms with van der Waals surface area (Å²) in [6.45, 7) is 0. The molecule has 28 heavy (non-hydrogen) atoms. The zero-order valence-electron chi connectivity index (χ0n) is 22.5. The normalized spacial score (nSPS) is 9.43. The van der Waals surface area contributed by atoms with Crippen LogP contribution in [0, 0.1) is 0 Å². The Morgan fingerprint density at radius 3 is 0.607 bits per heavy atom. The lowest BCUT2D eigenvalue weighted by Gasteiger charge is -2.48. The molecule has 114 valence electrons. The van der Waals surface area contributed by atoms with E-state index in [4.69, 9.17) is 0 Å². The summed E-state index contributed by atoms with van der Waals surface area (Å²) in [5, 5.41) is 0. The Kier molecular flexibility index (Phi) is 14.3. The van der Waals surface area contributed by atoms with Crippen molar-refractivity contribution in [1.29, 1.82) is 0 Å². The third-order valence-electron chi connectivity index (χ3n) is 8.06. The molecule has 0 aromatic heterocycles. The quantitative estimate of drug-likeness (QED) is 0.311. The van der Waals surface area contributed by atoms with Crippen LogP contribution in [0.1, 0.15) is 0 Å². The van der Waals surface area contributed by atoms with E-state index in [1.165, 1.54) is 0 Å². The molecule has 0 atom stereocenters. The van der Waals surface area contributed by atoms with Crippen LogP contribution in [0.3, 0.4) is 0 Å². The molecule has 0 aromatic rings. The van der Waals surface area contributed by atoms with Gasteiger partial charge in [-0.15, -0.1) is 0 Å². The van der Waals surface area contributed by atoms with Gasteiger partial charge in [-0.25, -0.2) is 0 Å². The maximum atomic E-state index is 2.58. The van der Waals surface area contributed by atoms with Crippen LogP contribution in [0.4, 0.5) is 0 Å². The van der Waals surface area contributed by atoms with Crippen LogP contribution in [0.2, 0.25) is 0 Å². The molecule has 0 saturated heterocycles. The molecule has 0 fully saturated rings. The molecule has 0 saturated carbocycles. The molecule has 0 aromatic carbocycles. The molecule has 0 N–H and O–H groups in total. The first-order valence-corrected chi connectivity index (χ1v) is 12.7. The highest BCUT2D eigenvalue weighted by Gasteiger charge is 2.52. The fourth-order valence-electron chi connectivity index (χ4n) is 7.15. The van der Waals surface area contributed by atoms with Crippen LogP contribution in [-0.2, 0) is 0 Å². The van der Waals surface area contributed by atoms with Crippen LogP contribution in [0.5, 0.6) is 0 Å². The maximum absolute atomic E-state index is 2.58. The van der Waals surface area contributed by atoms with Crippen molar-refractivity contribution in [2.45, 2.75) is 0 Å².